The number of nitrogens with zero attached hydrogens (tertiary/aromatic N) is 1. The van der Waals surface area contributed by atoms with Crippen LogP contribution in [-0.4, -0.2) is 21.9 Å². The molecule has 1 N–H and O–H groups in total. The Morgan fingerprint density at radius 1 is 0.806 bits per heavy atom. The molecule has 3 aromatic rings. The standard InChI is InChI=1S/C23H21F6NO/c1-20(31,13-15-11-12-30-19-6-4-3-5-18(15)19)14-21(2,23(27,28)29)16-7-9-17(10-8-16)22(24,25)26/h3-12,31H,13-14H2,1-2H3. The van der Waals surface area contributed by atoms with E-state index < -0.39 is 35.4 Å². The highest BCUT2D eigenvalue weighted by molar-refractivity contribution is 5.81. The molecule has 2 unspecified atom stereocenters. The molecule has 1 heterocycles. The molecule has 0 fully saturated rings. The summed E-state index contributed by atoms with van der Waals surface area (Å²) in [5.41, 5.74) is -4.44. The molecule has 2 aromatic carbocycles. The van der Waals surface area contributed by atoms with Gasteiger partial charge in [0.15, 0.2) is 0 Å². The number of benzene rings is 2. The van der Waals surface area contributed by atoms with Crippen LogP contribution in [0.3, 0.4) is 0 Å². The van der Waals surface area contributed by atoms with Gasteiger partial charge in [-0.1, -0.05) is 30.3 Å². The van der Waals surface area contributed by atoms with Crippen LogP contribution in [0.4, 0.5) is 26.3 Å². The van der Waals surface area contributed by atoms with Crippen LogP contribution in [0.1, 0.15) is 37.0 Å². The molecule has 0 aliphatic heterocycles. The molecule has 3 rings (SSSR count). The van der Waals surface area contributed by atoms with Gasteiger partial charge in [-0.25, -0.2) is 0 Å². The summed E-state index contributed by atoms with van der Waals surface area (Å²) >= 11 is 0. The van der Waals surface area contributed by atoms with Crippen molar-refractivity contribution >= 4 is 10.9 Å². The fraction of sp³-hybridized carbons (Fsp3) is 0.348. The number of halogens is 6. The number of aliphatic hydroxyl groups is 1. The molecule has 2 atom stereocenters. The zero-order valence-electron chi connectivity index (χ0n) is 16.8. The van der Waals surface area contributed by atoms with Crippen LogP contribution in [0.15, 0.2) is 60.8 Å². The van der Waals surface area contributed by atoms with E-state index in [1.54, 1.807) is 30.3 Å². The van der Waals surface area contributed by atoms with E-state index in [-0.39, 0.29) is 12.0 Å². The number of alkyl halides is 6. The third kappa shape index (κ3) is 4.84. The fourth-order valence-electron chi connectivity index (χ4n) is 3.94. The summed E-state index contributed by atoms with van der Waals surface area (Å²) in [5.74, 6) is 0. The zero-order chi connectivity index (χ0) is 23.1. The predicted molar refractivity (Wildman–Crippen MR) is 106 cm³/mol. The van der Waals surface area contributed by atoms with Crippen LogP contribution in [0, 0.1) is 0 Å². The minimum Gasteiger partial charge on any atom is -0.390 e. The Morgan fingerprint density at radius 3 is 1.97 bits per heavy atom. The first-order valence-corrected chi connectivity index (χ1v) is 9.52. The minimum atomic E-state index is -4.79. The number of rotatable bonds is 5. The summed E-state index contributed by atoms with van der Waals surface area (Å²) in [4.78, 5) is 4.21. The number of pyridine rings is 1. The second-order valence-corrected chi connectivity index (χ2v) is 8.24. The molecule has 1 aromatic heterocycles. The van der Waals surface area contributed by atoms with Gasteiger partial charge in [0.25, 0.3) is 0 Å². The zero-order valence-corrected chi connectivity index (χ0v) is 16.8. The topological polar surface area (TPSA) is 33.1 Å². The van der Waals surface area contributed by atoms with Crippen LogP contribution in [0.25, 0.3) is 10.9 Å². The maximum absolute atomic E-state index is 14.1. The van der Waals surface area contributed by atoms with Gasteiger partial charge in [0, 0.05) is 18.0 Å². The number of fused-ring (bicyclic) bond motifs is 1. The van der Waals surface area contributed by atoms with E-state index in [2.05, 4.69) is 4.98 Å². The van der Waals surface area contributed by atoms with Crippen molar-refractivity contribution in [1.82, 2.24) is 4.98 Å². The molecule has 0 aliphatic rings. The molecule has 166 valence electrons. The van der Waals surface area contributed by atoms with Crippen molar-refractivity contribution in [2.75, 3.05) is 0 Å². The van der Waals surface area contributed by atoms with Crippen molar-refractivity contribution in [3.05, 3.63) is 77.5 Å². The van der Waals surface area contributed by atoms with Crippen molar-refractivity contribution in [2.45, 2.75) is 50.1 Å². The molecule has 0 aliphatic carbocycles. The van der Waals surface area contributed by atoms with Gasteiger partial charge in [-0.15, -0.1) is 0 Å². The van der Waals surface area contributed by atoms with Crippen LogP contribution in [-0.2, 0) is 18.0 Å². The second-order valence-electron chi connectivity index (χ2n) is 8.24. The van der Waals surface area contributed by atoms with Gasteiger partial charge in [0.1, 0.15) is 0 Å². The second kappa shape index (κ2) is 7.82. The van der Waals surface area contributed by atoms with Crippen molar-refractivity contribution in [2.24, 2.45) is 0 Å². The molecule has 8 heteroatoms. The monoisotopic (exact) mass is 441 g/mol. The highest BCUT2D eigenvalue weighted by Crippen LogP contribution is 2.47. The highest BCUT2D eigenvalue weighted by atomic mass is 19.4. The Labute approximate surface area is 175 Å². The first kappa shape index (κ1) is 23.1. The Kier molecular flexibility index (Phi) is 5.82. The van der Waals surface area contributed by atoms with Crippen LogP contribution >= 0.6 is 0 Å². The van der Waals surface area contributed by atoms with Gasteiger partial charge < -0.3 is 5.11 Å². The van der Waals surface area contributed by atoms with Crippen LogP contribution < -0.4 is 0 Å². The lowest BCUT2D eigenvalue weighted by Gasteiger charge is -2.39. The summed E-state index contributed by atoms with van der Waals surface area (Å²) in [7, 11) is 0. The van der Waals surface area contributed by atoms with Gasteiger partial charge in [-0.05, 0) is 55.7 Å². The van der Waals surface area contributed by atoms with Crippen molar-refractivity contribution in [3.8, 4) is 0 Å². The summed E-state index contributed by atoms with van der Waals surface area (Å²) < 4.78 is 80.8. The molecule has 0 amide bonds. The Bertz CT molecular complexity index is 1050. The lowest BCUT2D eigenvalue weighted by Crippen LogP contribution is -2.46. The number of hydrogen-bond donors (Lipinski definition) is 1. The first-order chi connectivity index (χ1) is 14.2. The Morgan fingerprint density at radius 2 is 1.39 bits per heavy atom. The van der Waals surface area contributed by atoms with Gasteiger partial charge in [-0.2, -0.15) is 26.3 Å². The molecule has 31 heavy (non-hydrogen) atoms. The molecule has 0 radical (unpaired) electrons. The van der Waals surface area contributed by atoms with E-state index >= 15 is 0 Å². The maximum Gasteiger partial charge on any atom is 0.416 e. The Hall–Kier alpha value is -2.61. The lowest BCUT2D eigenvalue weighted by molar-refractivity contribution is -0.199. The molecule has 0 saturated carbocycles. The highest BCUT2D eigenvalue weighted by Gasteiger charge is 2.55. The molecule has 0 bridgehead atoms. The molecule has 0 spiro atoms. The van der Waals surface area contributed by atoms with Crippen molar-refractivity contribution in [1.29, 1.82) is 0 Å². The summed E-state index contributed by atoms with van der Waals surface area (Å²) in [6.07, 6.45) is -8.74. The summed E-state index contributed by atoms with van der Waals surface area (Å²) in [6, 6.07) is 11.6. The van der Waals surface area contributed by atoms with Gasteiger partial charge in [0.2, 0.25) is 0 Å². The average Bonchev–Trinajstić information content (AvgIpc) is 2.66. The van der Waals surface area contributed by atoms with E-state index in [0.717, 1.165) is 19.1 Å². The Balaban J connectivity index is 1.96. The van der Waals surface area contributed by atoms with Crippen molar-refractivity contribution < 1.29 is 31.4 Å². The predicted octanol–water partition coefficient (Wildman–Crippen LogP) is 6.46. The van der Waals surface area contributed by atoms with Crippen LogP contribution in [0.2, 0.25) is 0 Å². The minimum absolute atomic E-state index is 0.0810. The average molecular weight is 441 g/mol. The third-order valence-corrected chi connectivity index (χ3v) is 5.52. The maximum atomic E-state index is 14.1. The molecular formula is C23H21F6NO. The van der Waals surface area contributed by atoms with E-state index in [4.69, 9.17) is 0 Å². The molecule has 2 nitrogen and oxygen atoms in total. The molecular weight excluding hydrogens is 420 g/mol. The van der Waals surface area contributed by atoms with Crippen molar-refractivity contribution in [3.63, 3.8) is 0 Å². The SMILES string of the molecule is CC(O)(Cc1ccnc2ccccc12)CC(C)(c1ccc(C(F)(F)F)cc1)C(F)(F)F. The van der Waals surface area contributed by atoms with Gasteiger partial charge >= 0.3 is 12.4 Å². The van der Waals surface area contributed by atoms with E-state index in [9.17, 15) is 31.4 Å². The number of para-hydroxylation sites is 1. The number of aromatic nitrogens is 1. The van der Waals surface area contributed by atoms with E-state index in [1.807, 2.05) is 0 Å². The summed E-state index contributed by atoms with van der Waals surface area (Å²) in [6.45, 7) is 2.20. The van der Waals surface area contributed by atoms with Crippen LogP contribution in [0.5, 0.6) is 0 Å². The summed E-state index contributed by atoms with van der Waals surface area (Å²) in [5, 5.41) is 11.7. The van der Waals surface area contributed by atoms with E-state index in [1.165, 1.54) is 13.1 Å². The van der Waals surface area contributed by atoms with Gasteiger partial charge in [0.05, 0.1) is 22.1 Å². The normalized spacial score (nSPS) is 16.7. The first-order valence-electron chi connectivity index (χ1n) is 9.52. The smallest absolute Gasteiger partial charge is 0.390 e. The molecule has 0 saturated heterocycles. The van der Waals surface area contributed by atoms with E-state index in [0.29, 0.717) is 28.6 Å². The van der Waals surface area contributed by atoms with Gasteiger partial charge in [-0.3, -0.25) is 4.98 Å². The largest absolute Gasteiger partial charge is 0.416 e. The number of hydrogen-bond acceptors (Lipinski definition) is 2. The lowest BCUT2D eigenvalue weighted by atomic mass is 9.72. The quantitative estimate of drug-likeness (QED) is 0.461. The third-order valence-electron chi connectivity index (χ3n) is 5.52. The fourth-order valence-corrected chi connectivity index (χ4v) is 3.94.